The summed E-state index contributed by atoms with van der Waals surface area (Å²) >= 11 is 17.1. The maximum absolute atomic E-state index is 5.69. The Hall–Kier alpha value is -0.970. The zero-order valence-electron chi connectivity index (χ0n) is 10.9. The van der Waals surface area contributed by atoms with Gasteiger partial charge in [0.05, 0.1) is 7.11 Å². The minimum atomic E-state index is -1.69. The van der Waals surface area contributed by atoms with Gasteiger partial charge in [-0.1, -0.05) is 59.0 Å². The average molecular weight is 336 g/mol. The van der Waals surface area contributed by atoms with Crippen molar-refractivity contribution in [3.63, 3.8) is 0 Å². The minimum absolute atomic E-state index is 0.0147. The van der Waals surface area contributed by atoms with Gasteiger partial charge in [-0.15, -0.1) is 0 Å². The van der Waals surface area contributed by atoms with Gasteiger partial charge in [-0.05, 0) is 24.1 Å². The molecule has 0 spiro atoms. The van der Waals surface area contributed by atoms with Crippen LogP contribution in [0.4, 0.5) is 0 Å². The van der Waals surface area contributed by atoms with Crippen molar-refractivity contribution in [3.8, 4) is 5.75 Å². The Labute approximate surface area is 132 Å². The number of ether oxygens (including phenoxy) is 1. The molecule has 1 atom stereocenters. The summed E-state index contributed by atoms with van der Waals surface area (Å²) in [6.07, 6.45) is 0.753. The van der Waals surface area contributed by atoms with Gasteiger partial charge in [0.25, 0.3) is 9.68 Å². The van der Waals surface area contributed by atoms with Gasteiger partial charge in [-0.2, -0.15) is 4.98 Å². The van der Waals surface area contributed by atoms with Crippen LogP contribution in [0.15, 0.2) is 28.8 Å². The van der Waals surface area contributed by atoms with E-state index in [1.807, 2.05) is 31.2 Å². The summed E-state index contributed by atoms with van der Waals surface area (Å²) in [5.74, 6) is 1.37. The molecule has 2 aromatic rings. The third kappa shape index (κ3) is 3.78. The Kier molecular flexibility index (Phi) is 4.78. The summed E-state index contributed by atoms with van der Waals surface area (Å²) in [6.45, 7) is 1.98. The van der Waals surface area contributed by atoms with Gasteiger partial charge >= 0.3 is 0 Å². The smallest absolute Gasteiger partial charge is 0.278 e. The summed E-state index contributed by atoms with van der Waals surface area (Å²) in [6, 6.07) is 7.80. The number of nitrogens with zero attached hydrogens (tertiary/aromatic N) is 2. The summed E-state index contributed by atoms with van der Waals surface area (Å²) in [7, 11) is 1.63. The lowest BCUT2D eigenvalue weighted by Crippen LogP contribution is -2.03. The van der Waals surface area contributed by atoms with Crippen molar-refractivity contribution in [2.45, 2.75) is 23.1 Å². The van der Waals surface area contributed by atoms with Crippen LogP contribution in [0.3, 0.4) is 0 Å². The minimum Gasteiger partial charge on any atom is -0.497 e. The molecule has 1 aromatic carbocycles. The number of aromatic nitrogens is 2. The maximum Gasteiger partial charge on any atom is 0.278 e. The molecule has 0 radical (unpaired) electrons. The topological polar surface area (TPSA) is 48.2 Å². The number of methoxy groups -OCH3 is 1. The molecule has 20 heavy (non-hydrogen) atoms. The predicted octanol–water partition coefficient (Wildman–Crippen LogP) is 4.25. The molecule has 0 aliphatic heterocycles. The molecule has 0 saturated heterocycles. The standard InChI is InChI=1S/C13H13Cl3N2O2/c1-8(7-9-3-5-10(19-2)6-4-9)11-17-12(20-18-11)13(14,15)16/h3-6,8H,7H2,1-2H3/t8-/m0/s1. The molecule has 108 valence electrons. The lowest BCUT2D eigenvalue weighted by molar-refractivity contribution is 0.374. The maximum atomic E-state index is 5.69. The van der Waals surface area contributed by atoms with E-state index in [4.69, 9.17) is 44.1 Å². The fourth-order valence-corrected chi connectivity index (χ4v) is 1.99. The number of benzene rings is 1. The van der Waals surface area contributed by atoms with Gasteiger partial charge in [0, 0.05) is 5.92 Å². The van der Waals surface area contributed by atoms with Crippen molar-refractivity contribution < 1.29 is 9.26 Å². The molecule has 0 fully saturated rings. The Morgan fingerprint density at radius 2 is 1.90 bits per heavy atom. The predicted molar refractivity (Wildman–Crippen MR) is 78.6 cm³/mol. The van der Waals surface area contributed by atoms with Gasteiger partial charge in [0.1, 0.15) is 5.75 Å². The van der Waals surface area contributed by atoms with Crippen molar-refractivity contribution in [1.29, 1.82) is 0 Å². The Morgan fingerprint density at radius 1 is 1.25 bits per heavy atom. The van der Waals surface area contributed by atoms with Crippen LogP contribution in [-0.4, -0.2) is 17.3 Å². The van der Waals surface area contributed by atoms with Crippen LogP contribution in [0.5, 0.6) is 5.75 Å². The Balaban J connectivity index is 2.07. The van der Waals surface area contributed by atoms with E-state index >= 15 is 0 Å². The van der Waals surface area contributed by atoms with Crippen LogP contribution in [-0.2, 0) is 10.2 Å². The van der Waals surface area contributed by atoms with E-state index in [1.54, 1.807) is 7.11 Å². The van der Waals surface area contributed by atoms with E-state index in [0.29, 0.717) is 5.82 Å². The second kappa shape index (κ2) is 6.20. The molecule has 1 aromatic heterocycles. The normalized spacial score (nSPS) is 13.2. The monoisotopic (exact) mass is 334 g/mol. The molecule has 0 aliphatic carbocycles. The van der Waals surface area contributed by atoms with Gasteiger partial charge in [-0.3, -0.25) is 0 Å². The zero-order valence-corrected chi connectivity index (χ0v) is 13.2. The molecule has 0 unspecified atom stereocenters. The van der Waals surface area contributed by atoms with Crippen LogP contribution in [0.2, 0.25) is 0 Å². The third-order valence-corrected chi connectivity index (χ3v) is 3.31. The quantitative estimate of drug-likeness (QED) is 0.784. The van der Waals surface area contributed by atoms with Crippen molar-refractivity contribution in [2.75, 3.05) is 7.11 Å². The van der Waals surface area contributed by atoms with Crippen LogP contribution >= 0.6 is 34.8 Å². The van der Waals surface area contributed by atoms with Crippen LogP contribution < -0.4 is 4.74 Å². The molecule has 0 aliphatic rings. The largest absolute Gasteiger partial charge is 0.497 e. The van der Waals surface area contributed by atoms with Crippen LogP contribution in [0.25, 0.3) is 0 Å². The summed E-state index contributed by atoms with van der Waals surface area (Å²) in [5.41, 5.74) is 1.14. The fourth-order valence-electron chi connectivity index (χ4n) is 1.76. The number of hydrogen-bond acceptors (Lipinski definition) is 4. The molecule has 2 rings (SSSR count). The van der Waals surface area contributed by atoms with Crippen molar-refractivity contribution in [3.05, 3.63) is 41.5 Å². The van der Waals surface area contributed by atoms with Gasteiger partial charge in [0.15, 0.2) is 5.82 Å². The molecule has 0 amide bonds. The number of alkyl halides is 3. The highest BCUT2D eigenvalue weighted by molar-refractivity contribution is 6.66. The van der Waals surface area contributed by atoms with Crippen LogP contribution in [0, 0.1) is 0 Å². The second-order valence-electron chi connectivity index (χ2n) is 4.41. The molecule has 4 nitrogen and oxygen atoms in total. The number of hydrogen-bond donors (Lipinski definition) is 0. The zero-order chi connectivity index (χ0) is 14.8. The highest BCUT2D eigenvalue weighted by Crippen LogP contribution is 2.37. The van der Waals surface area contributed by atoms with Gasteiger partial charge in [-0.25, -0.2) is 0 Å². The molecule has 0 saturated carbocycles. The molecule has 0 N–H and O–H groups in total. The Bertz CT molecular complexity index is 564. The molecule has 7 heteroatoms. The van der Waals surface area contributed by atoms with Crippen molar-refractivity contribution in [2.24, 2.45) is 0 Å². The molecular formula is C13H13Cl3N2O2. The first-order chi connectivity index (χ1) is 9.40. The van der Waals surface area contributed by atoms with Crippen molar-refractivity contribution >= 4 is 34.8 Å². The highest BCUT2D eigenvalue weighted by Gasteiger charge is 2.31. The summed E-state index contributed by atoms with van der Waals surface area (Å²) in [4.78, 5) is 4.11. The lowest BCUT2D eigenvalue weighted by atomic mass is 10.0. The molecule has 1 heterocycles. The first-order valence-electron chi connectivity index (χ1n) is 5.94. The van der Waals surface area contributed by atoms with Crippen molar-refractivity contribution in [1.82, 2.24) is 10.1 Å². The number of halogens is 3. The third-order valence-electron chi connectivity index (χ3n) is 2.83. The highest BCUT2D eigenvalue weighted by atomic mass is 35.6. The molecule has 0 bridgehead atoms. The van der Waals surface area contributed by atoms with E-state index < -0.39 is 3.79 Å². The lowest BCUT2D eigenvalue weighted by Gasteiger charge is -2.08. The second-order valence-corrected chi connectivity index (χ2v) is 6.69. The Morgan fingerprint density at radius 3 is 2.40 bits per heavy atom. The van der Waals surface area contributed by atoms with E-state index in [1.165, 1.54) is 0 Å². The van der Waals surface area contributed by atoms with Crippen LogP contribution in [0.1, 0.15) is 30.1 Å². The van der Waals surface area contributed by atoms with E-state index in [9.17, 15) is 0 Å². The van der Waals surface area contributed by atoms with E-state index in [0.717, 1.165) is 17.7 Å². The molecular weight excluding hydrogens is 323 g/mol. The summed E-state index contributed by atoms with van der Waals surface area (Å²) < 4.78 is 8.37. The number of rotatable bonds is 4. The van der Waals surface area contributed by atoms with Gasteiger partial charge in [0.2, 0.25) is 0 Å². The average Bonchev–Trinajstić information content (AvgIpc) is 2.89. The SMILES string of the molecule is COc1ccc(C[C@H](C)c2noc(C(Cl)(Cl)Cl)n2)cc1. The fraction of sp³-hybridized carbons (Fsp3) is 0.385. The first-order valence-corrected chi connectivity index (χ1v) is 7.07. The van der Waals surface area contributed by atoms with E-state index in [2.05, 4.69) is 10.1 Å². The van der Waals surface area contributed by atoms with E-state index in [-0.39, 0.29) is 11.8 Å². The van der Waals surface area contributed by atoms with Gasteiger partial charge < -0.3 is 9.26 Å². The first kappa shape index (κ1) is 15.4. The summed E-state index contributed by atoms with van der Waals surface area (Å²) in [5, 5.41) is 3.85.